The summed E-state index contributed by atoms with van der Waals surface area (Å²) in [6, 6.07) is 10.9. The van der Waals surface area contributed by atoms with Crippen molar-refractivity contribution in [1.82, 2.24) is 0 Å². The molecule has 0 atom stereocenters. The van der Waals surface area contributed by atoms with Crippen LogP contribution < -0.4 is 0 Å². The van der Waals surface area contributed by atoms with Crippen LogP contribution in [-0.4, -0.2) is 29.9 Å². The van der Waals surface area contributed by atoms with E-state index in [0.29, 0.717) is 33.1 Å². The van der Waals surface area contributed by atoms with E-state index < -0.39 is 0 Å². The van der Waals surface area contributed by atoms with E-state index in [0.717, 1.165) is 0 Å². The Balaban J connectivity index is 2.95. The molecule has 0 saturated heterocycles. The summed E-state index contributed by atoms with van der Waals surface area (Å²) in [4.78, 5) is 0. The van der Waals surface area contributed by atoms with Gasteiger partial charge in [0.25, 0.3) is 0 Å². The Morgan fingerprint density at radius 3 is 1.92 bits per heavy atom. The van der Waals surface area contributed by atoms with E-state index in [4.69, 9.17) is 0 Å². The summed E-state index contributed by atoms with van der Waals surface area (Å²) in [6.45, 7) is 2.39. The van der Waals surface area contributed by atoms with Gasteiger partial charge < -0.3 is 0 Å². The summed E-state index contributed by atoms with van der Waals surface area (Å²) in [7, 11) is 0. The first-order chi connectivity index (χ1) is 5.73. The van der Waals surface area contributed by atoms with Crippen LogP contribution in [0.5, 0.6) is 0 Å². The molecule has 2 heteroatoms. The molecular weight excluding hydrogens is 278 g/mol. The number of hydrogen-bond donors (Lipinski definition) is 0. The molecule has 0 bridgehead atoms. The summed E-state index contributed by atoms with van der Waals surface area (Å²) in [5.74, 6) is 4.68. The van der Waals surface area contributed by atoms with Gasteiger partial charge in [0.05, 0.1) is 0 Å². The summed E-state index contributed by atoms with van der Waals surface area (Å²) >= 11 is 1.42. The molecule has 0 aliphatic heterocycles. The second-order valence-corrected chi connectivity index (χ2v) is 9.17. The molecule has 0 aromatic heterocycles. The molecule has 12 heavy (non-hydrogen) atoms. The molecule has 0 saturated carbocycles. The van der Waals surface area contributed by atoms with E-state index in [1.807, 2.05) is 0 Å². The van der Waals surface area contributed by atoms with Crippen LogP contribution in [0, 0.1) is 0 Å². The van der Waals surface area contributed by atoms with Crippen molar-refractivity contribution in [3.63, 3.8) is 0 Å². The topological polar surface area (TPSA) is 0 Å². The van der Waals surface area contributed by atoms with Crippen LogP contribution in [0.3, 0.4) is 0 Å². The standard InChI is InChI=1S/C10H14Se2/c1-10(11-2,12-3)9-7-5-4-6-8-9/h4-8H,1-3H3. The molecule has 1 rings (SSSR count). The van der Waals surface area contributed by atoms with Crippen molar-refractivity contribution in [1.29, 1.82) is 0 Å². The van der Waals surface area contributed by atoms with Gasteiger partial charge in [0.15, 0.2) is 0 Å². The van der Waals surface area contributed by atoms with Gasteiger partial charge in [-0.2, -0.15) is 0 Å². The Morgan fingerprint density at radius 2 is 1.50 bits per heavy atom. The van der Waals surface area contributed by atoms with Gasteiger partial charge in [-0.05, 0) is 0 Å². The third-order valence-electron chi connectivity index (χ3n) is 2.08. The molecule has 0 aliphatic carbocycles. The molecule has 66 valence electrons. The van der Waals surface area contributed by atoms with Crippen molar-refractivity contribution >= 4 is 29.9 Å². The third-order valence-corrected chi connectivity index (χ3v) is 9.97. The van der Waals surface area contributed by atoms with Gasteiger partial charge in [-0.25, -0.2) is 0 Å². The second kappa shape index (κ2) is 4.48. The quantitative estimate of drug-likeness (QED) is 0.750. The van der Waals surface area contributed by atoms with Crippen LogP contribution in [0.25, 0.3) is 0 Å². The fourth-order valence-corrected chi connectivity index (χ4v) is 4.79. The van der Waals surface area contributed by atoms with Crippen LogP contribution in [0.2, 0.25) is 11.6 Å². The molecule has 0 N–H and O–H groups in total. The van der Waals surface area contributed by atoms with Gasteiger partial charge in [0.2, 0.25) is 0 Å². The Labute approximate surface area is 87.5 Å². The molecule has 0 aliphatic rings. The molecule has 0 amide bonds. The van der Waals surface area contributed by atoms with E-state index in [1.54, 1.807) is 0 Å². The SMILES string of the molecule is C[Se]C(C)([Se]C)c1ccccc1. The Morgan fingerprint density at radius 1 is 1.00 bits per heavy atom. The van der Waals surface area contributed by atoms with Crippen molar-refractivity contribution in [3.8, 4) is 0 Å². The zero-order chi connectivity index (χ0) is 9.03. The van der Waals surface area contributed by atoms with Gasteiger partial charge >= 0.3 is 87.6 Å². The first kappa shape index (κ1) is 10.3. The normalized spacial score (nSPS) is 11.6. The summed E-state index contributed by atoms with van der Waals surface area (Å²) in [5, 5.41) is 0. The number of hydrogen-bond acceptors (Lipinski definition) is 0. The molecule has 0 fully saturated rings. The van der Waals surface area contributed by atoms with E-state index in [1.165, 1.54) is 5.56 Å². The van der Waals surface area contributed by atoms with Crippen LogP contribution in [0.4, 0.5) is 0 Å². The van der Waals surface area contributed by atoms with Crippen LogP contribution >= 0.6 is 0 Å². The predicted octanol–water partition coefficient (Wildman–Crippen LogP) is 2.36. The van der Waals surface area contributed by atoms with Crippen molar-refractivity contribution in [2.24, 2.45) is 0 Å². The number of rotatable bonds is 3. The van der Waals surface area contributed by atoms with E-state index >= 15 is 0 Å². The molecule has 0 radical (unpaired) electrons. The van der Waals surface area contributed by atoms with Gasteiger partial charge in [-0.3, -0.25) is 0 Å². The van der Waals surface area contributed by atoms with E-state index in [-0.39, 0.29) is 0 Å². The predicted molar refractivity (Wildman–Crippen MR) is 57.0 cm³/mol. The Kier molecular flexibility index (Phi) is 3.86. The minimum atomic E-state index is 0.501. The zero-order valence-electron chi connectivity index (χ0n) is 7.70. The van der Waals surface area contributed by atoms with Gasteiger partial charge in [-0.1, -0.05) is 0 Å². The van der Waals surface area contributed by atoms with Crippen molar-refractivity contribution < 1.29 is 0 Å². The fourth-order valence-electron chi connectivity index (χ4n) is 1.06. The summed E-state index contributed by atoms with van der Waals surface area (Å²) in [5.41, 5.74) is 1.52. The zero-order valence-corrected chi connectivity index (χ0v) is 11.1. The maximum atomic E-state index is 2.39. The van der Waals surface area contributed by atoms with Crippen LogP contribution in [0.1, 0.15) is 12.5 Å². The molecule has 1 aromatic carbocycles. The molecule has 0 heterocycles. The fraction of sp³-hybridized carbons (Fsp3) is 0.400. The Bertz CT molecular complexity index is 227. The first-order valence-electron chi connectivity index (χ1n) is 3.89. The van der Waals surface area contributed by atoms with Crippen molar-refractivity contribution in [2.75, 3.05) is 0 Å². The Hall–Kier alpha value is 0.259. The van der Waals surface area contributed by atoms with Gasteiger partial charge in [0, 0.05) is 0 Å². The monoisotopic (exact) mass is 294 g/mol. The average molecular weight is 292 g/mol. The van der Waals surface area contributed by atoms with Crippen molar-refractivity contribution in [3.05, 3.63) is 35.9 Å². The summed E-state index contributed by atoms with van der Waals surface area (Å²) in [6.07, 6.45) is 0. The second-order valence-electron chi connectivity index (χ2n) is 2.72. The molecule has 1 aromatic rings. The third kappa shape index (κ3) is 2.14. The van der Waals surface area contributed by atoms with Crippen molar-refractivity contribution in [2.45, 2.75) is 21.8 Å². The van der Waals surface area contributed by atoms with Gasteiger partial charge in [-0.15, -0.1) is 0 Å². The van der Waals surface area contributed by atoms with Crippen LogP contribution in [0.15, 0.2) is 30.3 Å². The van der Waals surface area contributed by atoms with Crippen LogP contribution in [-0.2, 0) is 3.21 Å². The maximum absolute atomic E-state index is 2.39. The molecule has 0 spiro atoms. The molecule has 0 unspecified atom stereocenters. The van der Waals surface area contributed by atoms with E-state index in [2.05, 4.69) is 48.9 Å². The van der Waals surface area contributed by atoms with Gasteiger partial charge in [0.1, 0.15) is 0 Å². The number of benzene rings is 1. The minimum absolute atomic E-state index is 0.501. The molecule has 0 nitrogen and oxygen atoms in total. The average Bonchev–Trinajstić information content (AvgIpc) is 2.18. The molecular formula is C10H14Se2. The first-order valence-corrected chi connectivity index (χ1v) is 9.02. The summed E-state index contributed by atoms with van der Waals surface area (Å²) < 4.78 is 0.501. The van der Waals surface area contributed by atoms with E-state index in [9.17, 15) is 0 Å².